The third-order valence-electron chi connectivity index (χ3n) is 2.22. The maximum atomic E-state index is 11.9. The van der Waals surface area contributed by atoms with Crippen LogP contribution in [0.3, 0.4) is 0 Å². The molecule has 0 bridgehead atoms. The molecule has 19 heavy (non-hydrogen) atoms. The number of aliphatic hydroxyl groups excluding tert-OH is 2. The van der Waals surface area contributed by atoms with Crippen LogP contribution in [0, 0.1) is 0 Å². The normalized spacial score (nSPS) is 13.5. The minimum Gasteiger partial charge on any atom is -0.456 e. The SMILES string of the molecule is CC(C)(C)OC(=O)c1cccc(/C=C/[C@H](O)CO)c1. The molecule has 0 heterocycles. The third-order valence-corrected chi connectivity index (χ3v) is 2.22. The van der Waals surface area contributed by atoms with Crippen LogP contribution in [-0.2, 0) is 4.74 Å². The summed E-state index contributed by atoms with van der Waals surface area (Å²) in [4.78, 5) is 11.9. The summed E-state index contributed by atoms with van der Waals surface area (Å²) in [5, 5.41) is 17.9. The highest BCUT2D eigenvalue weighted by Gasteiger charge is 2.17. The minimum atomic E-state index is -0.898. The van der Waals surface area contributed by atoms with E-state index in [2.05, 4.69) is 0 Å². The van der Waals surface area contributed by atoms with Crippen LogP contribution >= 0.6 is 0 Å². The Morgan fingerprint density at radius 2 is 2.11 bits per heavy atom. The zero-order chi connectivity index (χ0) is 14.5. The summed E-state index contributed by atoms with van der Waals surface area (Å²) in [7, 11) is 0. The Labute approximate surface area is 113 Å². The van der Waals surface area contributed by atoms with Crippen molar-refractivity contribution in [2.24, 2.45) is 0 Å². The Morgan fingerprint density at radius 1 is 1.42 bits per heavy atom. The Morgan fingerprint density at radius 3 is 2.68 bits per heavy atom. The van der Waals surface area contributed by atoms with Gasteiger partial charge in [0.15, 0.2) is 0 Å². The largest absolute Gasteiger partial charge is 0.456 e. The highest BCUT2D eigenvalue weighted by atomic mass is 16.6. The van der Waals surface area contributed by atoms with Crippen LogP contribution in [0.25, 0.3) is 6.08 Å². The van der Waals surface area contributed by atoms with E-state index in [0.29, 0.717) is 5.56 Å². The van der Waals surface area contributed by atoms with E-state index < -0.39 is 11.7 Å². The number of carbonyl (C=O) groups is 1. The molecular formula is C15H20O4. The van der Waals surface area contributed by atoms with Crippen molar-refractivity contribution in [3.63, 3.8) is 0 Å². The lowest BCUT2D eigenvalue weighted by atomic mass is 10.1. The summed E-state index contributed by atoms with van der Waals surface area (Å²) < 4.78 is 5.27. The topological polar surface area (TPSA) is 66.8 Å². The number of aliphatic hydroxyl groups is 2. The summed E-state index contributed by atoms with van der Waals surface area (Å²) in [5.74, 6) is -0.384. The fraction of sp³-hybridized carbons (Fsp3) is 0.400. The Balaban J connectivity index is 2.83. The lowest BCUT2D eigenvalue weighted by molar-refractivity contribution is 0.00695. The van der Waals surface area contributed by atoms with Gasteiger partial charge in [-0.05, 0) is 38.5 Å². The van der Waals surface area contributed by atoms with Crippen LogP contribution in [0.4, 0.5) is 0 Å². The summed E-state index contributed by atoms with van der Waals surface area (Å²) in [6, 6.07) is 6.89. The monoisotopic (exact) mass is 264 g/mol. The lowest BCUT2D eigenvalue weighted by Crippen LogP contribution is -2.23. The standard InChI is InChI=1S/C15H20O4/c1-15(2,3)19-14(18)12-6-4-5-11(9-12)7-8-13(17)10-16/h4-9,13,16-17H,10H2,1-3H3/b8-7+/t13-/m0/s1. The van der Waals surface area contributed by atoms with Gasteiger partial charge in [0.1, 0.15) is 5.60 Å². The maximum absolute atomic E-state index is 11.9. The highest BCUT2D eigenvalue weighted by molar-refractivity contribution is 5.90. The summed E-state index contributed by atoms with van der Waals surface area (Å²) in [5.41, 5.74) is 0.683. The number of carbonyl (C=O) groups excluding carboxylic acids is 1. The van der Waals surface area contributed by atoms with Gasteiger partial charge >= 0.3 is 5.97 Å². The number of esters is 1. The zero-order valence-corrected chi connectivity index (χ0v) is 11.5. The highest BCUT2D eigenvalue weighted by Crippen LogP contribution is 2.14. The van der Waals surface area contributed by atoms with Gasteiger partial charge in [0.2, 0.25) is 0 Å². The molecule has 1 atom stereocenters. The number of benzene rings is 1. The van der Waals surface area contributed by atoms with Crippen LogP contribution in [0.1, 0.15) is 36.7 Å². The second kappa shape index (κ2) is 6.50. The first kappa shape index (κ1) is 15.4. The smallest absolute Gasteiger partial charge is 0.338 e. The molecule has 0 aliphatic carbocycles. The first-order valence-electron chi connectivity index (χ1n) is 6.12. The van der Waals surface area contributed by atoms with Crippen molar-refractivity contribution in [2.75, 3.05) is 6.61 Å². The molecule has 2 N–H and O–H groups in total. The number of ether oxygens (including phenoxy) is 1. The number of hydrogen-bond donors (Lipinski definition) is 2. The molecule has 4 heteroatoms. The Kier molecular flexibility index (Phi) is 5.27. The van der Waals surface area contributed by atoms with Crippen molar-refractivity contribution in [2.45, 2.75) is 32.5 Å². The Bertz CT molecular complexity index is 457. The molecule has 0 aromatic heterocycles. The van der Waals surface area contributed by atoms with E-state index in [1.54, 1.807) is 30.3 Å². The predicted molar refractivity (Wildman–Crippen MR) is 73.7 cm³/mol. The van der Waals surface area contributed by atoms with Gasteiger partial charge in [0, 0.05) is 0 Å². The van der Waals surface area contributed by atoms with Gasteiger partial charge in [0.25, 0.3) is 0 Å². The van der Waals surface area contributed by atoms with Crippen LogP contribution in [0.2, 0.25) is 0 Å². The summed E-state index contributed by atoms with van der Waals surface area (Å²) in [6.45, 7) is 5.10. The maximum Gasteiger partial charge on any atom is 0.338 e. The quantitative estimate of drug-likeness (QED) is 0.816. The molecule has 1 aromatic rings. The van der Waals surface area contributed by atoms with E-state index in [-0.39, 0.29) is 12.6 Å². The molecular weight excluding hydrogens is 244 g/mol. The van der Waals surface area contributed by atoms with Crippen molar-refractivity contribution >= 4 is 12.0 Å². The molecule has 4 nitrogen and oxygen atoms in total. The lowest BCUT2D eigenvalue weighted by Gasteiger charge is -2.19. The molecule has 1 aromatic carbocycles. The zero-order valence-electron chi connectivity index (χ0n) is 11.5. The summed E-state index contributed by atoms with van der Waals surface area (Å²) in [6.07, 6.45) is 2.22. The molecule has 1 rings (SSSR count). The molecule has 0 radical (unpaired) electrons. The fourth-order valence-corrected chi connectivity index (χ4v) is 1.39. The average molecular weight is 264 g/mol. The third kappa shape index (κ3) is 5.68. The van der Waals surface area contributed by atoms with Crippen LogP contribution in [0.5, 0.6) is 0 Å². The molecule has 0 aliphatic rings. The molecule has 0 spiro atoms. The van der Waals surface area contributed by atoms with Gasteiger partial charge in [-0.3, -0.25) is 0 Å². The first-order chi connectivity index (χ1) is 8.81. The summed E-state index contributed by atoms with van der Waals surface area (Å²) >= 11 is 0. The van der Waals surface area contributed by atoms with Crippen molar-refractivity contribution in [3.05, 3.63) is 41.5 Å². The molecule has 0 unspecified atom stereocenters. The second-order valence-corrected chi connectivity index (χ2v) is 5.24. The Hall–Kier alpha value is -1.65. The molecule has 104 valence electrons. The van der Waals surface area contributed by atoms with E-state index in [0.717, 1.165) is 5.56 Å². The van der Waals surface area contributed by atoms with E-state index in [9.17, 15) is 9.90 Å². The van der Waals surface area contributed by atoms with Crippen LogP contribution < -0.4 is 0 Å². The molecule has 0 aliphatic heterocycles. The van der Waals surface area contributed by atoms with Gasteiger partial charge in [0.05, 0.1) is 18.3 Å². The second-order valence-electron chi connectivity index (χ2n) is 5.24. The van der Waals surface area contributed by atoms with Crippen LogP contribution in [-0.4, -0.2) is 34.5 Å². The van der Waals surface area contributed by atoms with E-state index in [4.69, 9.17) is 9.84 Å². The van der Waals surface area contributed by atoms with Crippen molar-refractivity contribution in [1.29, 1.82) is 0 Å². The van der Waals surface area contributed by atoms with Crippen molar-refractivity contribution in [3.8, 4) is 0 Å². The van der Waals surface area contributed by atoms with Crippen LogP contribution in [0.15, 0.2) is 30.3 Å². The molecule has 0 saturated carbocycles. The minimum absolute atomic E-state index is 0.331. The first-order valence-corrected chi connectivity index (χ1v) is 6.12. The predicted octanol–water partition coefficient (Wildman–Crippen LogP) is 2.01. The van der Waals surface area contributed by atoms with E-state index >= 15 is 0 Å². The molecule has 0 saturated heterocycles. The number of hydrogen-bond acceptors (Lipinski definition) is 4. The van der Waals surface area contributed by atoms with E-state index in [1.807, 2.05) is 20.8 Å². The molecule has 0 fully saturated rings. The van der Waals surface area contributed by atoms with Gasteiger partial charge in [-0.1, -0.05) is 24.3 Å². The van der Waals surface area contributed by atoms with E-state index in [1.165, 1.54) is 6.08 Å². The van der Waals surface area contributed by atoms with Crippen molar-refractivity contribution < 1.29 is 19.7 Å². The average Bonchev–Trinajstić information content (AvgIpc) is 2.34. The van der Waals surface area contributed by atoms with Gasteiger partial charge in [-0.15, -0.1) is 0 Å². The van der Waals surface area contributed by atoms with Gasteiger partial charge in [-0.2, -0.15) is 0 Å². The van der Waals surface area contributed by atoms with Crippen molar-refractivity contribution in [1.82, 2.24) is 0 Å². The number of rotatable bonds is 4. The van der Waals surface area contributed by atoms with Gasteiger partial charge in [-0.25, -0.2) is 4.79 Å². The van der Waals surface area contributed by atoms with Gasteiger partial charge < -0.3 is 14.9 Å². The fourth-order valence-electron chi connectivity index (χ4n) is 1.39. The molecule has 0 amide bonds.